The number of amides is 1. The van der Waals surface area contributed by atoms with Crippen molar-refractivity contribution in [1.82, 2.24) is 15.1 Å². The minimum atomic E-state index is -0.290. The Kier molecular flexibility index (Phi) is 4.04. The first kappa shape index (κ1) is 16.9. The second kappa shape index (κ2) is 6.71. The number of hydrogen-bond acceptors (Lipinski definition) is 3. The van der Waals surface area contributed by atoms with Crippen molar-refractivity contribution in [3.63, 3.8) is 0 Å². The zero-order valence-electron chi connectivity index (χ0n) is 15.4. The molecule has 2 heterocycles. The molecule has 1 atom stereocenters. The van der Waals surface area contributed by atoms with Gasteiger partial charge in [-0.05, 0) is 28.7 Å². The van der Waals surface area contributed by atoms with E-state index in [4.69, 9.17) is 4.74 Å². The molecule has 6 heteroatoms. The monoisotopic (exact) mass is 375 g/mol. The van der Waals surface area contributed by atoms with Crippen LogP contribution in [0.3, 0.4) is 0 Å². The Bertz CT molecular complexity index is 1040. The molecular weight excluding hydrogens is 354 g/mol. The van der Waals surface area contributed by atoms with Gasteiger partial charge in [0.25, 0.3) is 5.56 Å². The van der Waals surface area contributed by atoms with Crippen LogP contribution in [0.1, 0.15) is 35.1 Å². The number of benzene rings is 2. The lowest BCUT2D eigenvalue weighted by atomic mass is 9.98. The Hall–Kier alpha value is -3.28. The van der Waals surface area contributed by atoms with Crippen LogP contribution < -0.4 is 5.56 Å². The van der Waals surface area contributed by atoms with Crippen LogP contribution in [-0.2, 0) is 4.74 Å². The number of ether oxygens (including phenoxy) is 1. The van der Waals surface area contributed by atoms with Gasteiger partial charge in [0.1, 0.15) is 6.61 Å². The molecule has 2 aliphatic rings. The van der Waals surface area contributed by atoms with Crippen molar-refractivity contribution in [3.05, 3.63) is 81.8 Å². The summed E-state index contributed by atoms with van der Waals surface area (Å²) < 4.78 is 5.72. The van der Waals surface area contributed by atoms with Gasteiger partial charge in [0, 0.05) is 36.7 Å². The molecule has 0 saturated carbocycles. The van der Waals surface area contributed by atoms with Crippen molar-refractivity contribution in [3.8, 4) is 11.1 Å². The first-order valence-corrected chi connectivity index (χ1v) is 9.58. The highest BCUT2D eigenvalue weighted by atomic mass is 16.6. The highest BCUT2D eigenvalue weighted by Gasteiger charge is 2.32. The summed E-state index contributed by atoms with van der Waals surface area (Å²) in [5, 5.41) is 5.44. The molecule has 1 aliphatic carbocycles. The predicted molar refractivity (Wildman–Crippen MR) is 105 cm³/mol. The molecule has 1 amide bonds. The number of carbonyl (C=O) groups is 1. The number of fused-ring (bicyclic) bond motifs is 3. The van der Waals surface area contributed by atoms with E-state index in [2.05, 4.69) is 34.5 Å². The quantitative estimate of drug-likeness (QED) is 0.736. The average molecular weight is 375 g/mol. The summed E-state index contributed by atoms with van der Waals surface area (Å²) >= 11 is 0. The average Bonchev–Trinajstić information content (AvgIpc) is 3.44. The third kappa shape index (κ3) is 2.81. The standard InChI is InChI=1S/C22H21N3O3/c26-21-11-20(23-24-21)14-9-10-25(12-14)22(27)28-13-19-17-7-3-1-5-15(17)16-6-2-4-8-18(16)19/h1-8,11,14,19H,9-10,12-13H2,(H2,23,24,26)/t14-/m0/s1. The van der Waals surface area contributed by atoms with Crippen molar-refractivity contribution in [2.45, 2.75) is 18.3 Å². The molecule has 6 nitrogen and oxygen atoms in total. The highest BCUT2D eigenvalue weighted by Crippen LogP contribution is 2.44. The second-order valence-corrected chi connectivity index (χ2v) is 7.45. The summed E-state index contributed by atoms with van der Waals surface area (Å²) in [5.41, 5.74) is 5.56. The molecule has 0 unspecified atom stereocenters. The van der Waals surface area contributed by atoms with Crippen molar-refractivity contribution < 1.29 is 9.53 Å². The Balaban J connectivity index is 1.28. The third-order valence-corrected chi connectivity index (χ3v) is 5.84. The molecular formula is C22H21N3O3. The minimum Gasteiger partial charge on any atom is -0.448 e. The number of hydrogen-bond donors (Lipinski definition) is 2. The molecule has 0 spiro atoms. The summed E-state index contributed by atoms with van der Waals surface area (Å²) in [6.45, 7) is 1.52. The van der Waals surface area contributed by atoms with E-state index in [-0.39, 0.29) is 23.5 Å². The number of aromatic nitrogens is 2. The number of carbonyl (C=O) groups excluding carboxylic acids is 1. The zero-order chi connectivity index (χ0) is 19.1. The Morgan fingerprint density at radius 3 is 2.36 bits per heavy atom. The SMILES string of the molecule is O=C(OCC1c2ccccc2-c2ccccc21)N1CC[C@H](c2cc(=O)[nH][nH]2)C1. The van der Waals surface area contributed by atoms with E-state index in [1.807, 2.05) is 24.3 Å². The van der Waals surface area contributed by atoms with Gasteiger partial charge in [-0.3, -0.25) is 9.89 Å². The van der Waals surface area contributed by atoms with E-state index in [1.165, 1.54) is 22.3 Å². The van der Waals surface area contributed by atoms with Crippen molar-refractivity contribution in [2.24, 2.45) is 0 Å². The van der Waals surface area contributed by atoms with Gasteiger partial charge in [0.15, 0.2) is 0 Å². The topological polar surface area (TPSA) is 78.2 Å². The maximum absolute atomic E-state index is 12.6. The fourth-order valence-corrected chi connectivity index (χ4v) is 4.43. The predicted octanol–water partition coefficient (Wildman–Crippen LogP) is 3.44. The van der Waals surface area contributed by atoms with Gasteiger partial charge in [-0.1, -0.05) is 48.5 Å². The summed E-state index contributed by atoms with van der Waals surface area (Å²) in [4.78, 5) is 25.7. The molecule has 2 N–H and O–H groups in total. The lowest BCUT2D eigenvalue weighted by Crippen LogP contribution is -2.30. The van der Waals surface area contributed by atoms with Gasteiger partial charge in [0.05, 0.1) is 0 Å². The highest BCUT2D eigenvalue weighted by molar-refractivity contribution is 5.79. The molecule has 3 aromatic rings. The number of H-pyrrole nitrogens is 2. The van der Waals surface area contributed by atoms with Crippen LogP contribution in [-0.4, -0.2) is 40.9 Å². The lowest BCUT2D eigenvalue weighted by Gasteiger charge is -2.19. The molecule has 2 aromatic carbocycles. The van der Waals surface area contributed by atoms with Gasteiger partial charge >= 0.3 is 6.09 Å². The first-order chi connectivity index (χ1) is 13.7. The summed E-state index contributed by atoms with van der Waals surface area (Å²) in [6, 6.07) is 18.2. The van der Waals surface area contributed by atoms with Crippen molar-refractivity contribution in [1.29, 1.82) is 0 Å². The maximum Gasteiger partial charge on any atom is 0.409 e. The normalized spacial score (nSPS) is 18.1. The van der Waals surface area contributed by atoms with Gasteiger partial charge in [0.2, 0.25) is 0 Å². The van der Waals surface area contributed by atoms with Gasteiger partial charge in [-0.25, -0.2) is 4.79 Å². The number of likely N-dealkylation sites (tertiary alicyclic amines) is 1. The Morgan fingerprint density at radius 1 is 1.04 bits per heavy atom. The fraction of sp³-hybridized carbons (Fsp3) is 0.273. The molecule has 142 valence electrons. The largest absolute Gasteiger partial charge is 0.448 e. The van der Waals surface area contributed by atoms with Crippen LogP contribution in [0.15, 0.2) is 59.4 Å². The van der Waals surface area contributed by atoms with Gasteiger partial charge < -0.3 is 14.7 Å². The zero-order valence-corrected chi connectivity index (χ0v) is 15.4. The van der Waals surface area contributed by atoms with E-state index in [0.717, 1.165) is 12.1 Å². The van der Waals surface area contributed by atoms with E-state index in [0.29, 0.717) is 19.7 Å². The number of aromatic amines is 2. The summed E-state index contributed by atoms with van der Waals surface area (Å²) in [7, 11) is 0. The molecule has 0 bridgehead atoms. The van der Waals surface area contributed by atoms with E-state index in [9.17, 15) is 9.59 Å². The van der Waals surface area contributed by atoms with Crippen molar-refractivity contribution in [2.75, 3.05) is 19.7 Å². The van der Waals surface area contributed by atoms with Crippen molar-refractivity contribution >= 4 is 6.09 Å². The molecule has 1 aromatic heterocycles. The van der Waals surface area contributed by atoms with Crippen LogP contribution in [0, 0.1) is 0 Å². The molecule has 0 radical (unpaired) electrons. The first-order valence-electron chi connectivity index (χ1n) is 9.58. The Labute approximate surface area is 162 Å². The van der Waals surface area contributed by atoms with Crippen LogP contribution in [0.2, 0.25) is 0 Å². The third-order valence-electron chi connectivity index (χ3n) is 5.84. The summed E-state index contributed by atoms with van der Waals surface area (Å²) in [5.74, 6) is 0.204. The van der Waals surface area contributed by atoms with Gasteiger partial charge in [-0.2, -0.15) is 0 Å². The molecule has 1 fully saturated rings. The number of nitrogens with one attached hydrogen (secondary N) is 2. The van der Waals surface area contributed by atoms with E-state index in [1.54, 1.807) is 11.0 Å². The number of nitrogens with zero attached hydrogens (tertiary/aromatic N) is 1. The molecule has 5 rings (SSSR count). The lowest BCUT2D eigenvalue weighted by molar-refractivity contribution is 0.107. The Morgan fingerprint density at radius 2 is 1.71 bits per heavy atom. The molecule has 1 saturated heterocycles. The van der Waals surface area contributed by atoms with Gasteiger partial charge in [-0.15, -0.1) is 0 Å². The maximum atomic E-state index is 12.6. The van der Waals surface area contributed by atoms with Crippen LogP contribution >= 0.6 is 0 Å². The van der Waals surface area contributed by atoms with E-state index >= 15 is 0 Å². The number of rotatable bonds is 3. The van der Waals surface area contributed by atoms with Crippen LogP contribution in [0.25, 0.3) is 11.1 Å². The minimum absolute atomic E-state index is 0.0655. The second-order valence-electron chi connectivity index (χ2n) is 7.45. The summed E-state index contributed by atoms with van der Waals surface area (Å²) in [6.07, 6.45) is 0.528. The molecule has 1 aliphatic heterocycles. The van der Waals surface area contributed by atoms with Crippen LogP contribution in [0.5, 0.6) is 0 Å². The molecule has 28 heavy (non-hydrogen) atoms. The van der Waals surface area contributed by atoms with E-state index < -0.39 is 0 Å². The fourth-order valence-electron chi connectivity index (χ4n) is 4.43. The smallest absolute Gasteiger partial charge is 0.409 e. The van der Waals surface area contributed by atoms with Crippen LogP contribution in [0.4, 0.5) is 4.79 Å².